The van der Waals surface area contributed by atoms with Gasteiger partial charge in [0.25, 0.3) is 0 Å². The first-order valence-electron chi connectivity index (χ1n) is 21.4. The Kier molecular flexibility index (Phi) is 9.29. The molecule has 0 spiro atoms. The summed E-state index contributed by atoms with van der Waals surface area (Å²) in [6.07, 6.45) is 0. The molecule has 0 fully saturated rings. The molecular formula is C60H39NS2. The van der Waals surface area contributed by atoms with Gasteiger partial charge in [-0.15, -0.1) is 22.7 Å². The van der Waals surface area contributed by atoms with Crippen molar-refractivity contribution < 1.29 is 0 Å². The van der Waals surface area contributed by atoms with Crippen molar-refractivity contribution in [2.24, 2.45) is 0 Å². The molecule has 0 aliphatic rings. The van der Waals surface area contributed by atoms with Crippen LogP contribution in [0.2, 0.25) is 0 Å². The van der Waals surface area contributed by atoms with E-state index in [1.165, 1.54) is 96.0 Å². The normalized spacial score (nSPS) is 11.5. The third kappa shape index (κ3) is 6.70. The van der Waals surface area contributed by atoms with Gasteiger partial charge in [-0.3, -0.25) is 0 Å². The fourth-order valence-corrected chi connectivity index (χ4v) is 11.7. The Bertz CT molecular complexity index is 3590. The van der Waals surface area contributed by atoms with Gasteiger partial charge in [0.05, 0.1) is 11.4 Å². The second-order valence-corrected chi connectivity index (χ2v) is 18.2. The zero-order valence-corrected chi connectivity index (χ0v) is 35.9. The van der Waals surface area contributed by atoms with Gasteiger partial charge in [0, 0.05) is 51.6 Å². The van der Waals surface area contributed by atoms with E-state index in [1.807, 2.05) is 22.7 Å². The molecule has 3 heteroatoms. The van der Waals surface area contributed by atoms with Crippen LogP contribution in [0, 0.1) is 0 Å². The van der Waals surface area contributed by atoms with E-state index in [0.29, 0.717) is 0 Å². The summed E-state index contributed by atoms with van der Waals surface area (Å²) in [5.41, 5.74) is 15.5. The van der Waals surface area contributed by atoms with Crippen LogP contribution in [0.4, 0.5) is 17.1 Å². The number of thiophene rings is 2. The van der Waals surface area contributed by atoms with Crippen molar-refractivity contribution in [1.29, 1.82) is 0 Å². The number of hydrogen-bond donors (Lipinski definition) is 0. The van der Waals surface area contributed by atoms with E-state index >= 15 is 0 Å². The number of rotatable bonds is 8. The molecule has 0 bridgehead atoms. The summed E-state index contributed by atoms with van der Waals surface area (Å²) in [5, 5.41) is 5.08. The summed E-state index contributed by atoms with van der Waals surface area (Å²) in [6, 6.07) is 86.7. The zero-order chi connectivity index (χ0) is 41.7. The maximum Gasteiger partial charge on any atom is 0.0555 e. The summed E-state index contributed by atoms with van der Waals surface area (Å²) >= 11 is 3.77. The molecule has 0 aliphatic carbocycles. The van der Waals surface area contributed by atoms with Gasteiger partial charge in [0.2, 0.25) is 0 Å². The number of hydrogen-bond acceptors (Lipinski definition) is 3. The molecular weight excluding hydrogens is 799 g/mol. The fraction of sp³-hybridized carbons (Fsp3) is 0. The van der Waals surface area contributed by atoms with Crippen LogP contribution in [0.5, 0.6) is 0 Å². The summed E-state index contributed by atoms with van der Waals surface area (Å²) in [4.78, 5) is 2.53. The Hall–Kier alpha value is -7.56. The van der Waals surface area contributed by atoms with Gasteiger partial charge in [-0.25, -0.2) is 0 Å². The minimum atomic E-state index is 1.12. The van der Waals surface area contributed by atoms with Crippen LogP contribution in [-0.2, 0) is 0 Å². The molecule has 0 amide bonds. The van der Waals surface area contributed by atoms with E-state index in [1.54, 1.807) is 0 Å². The Morgan fingerprint density at radius 1 is 0.270 bits per heavy atom. The van der Waals surface area contributed by atoms with E-state index in [9.17, 15) is 0 Å². The molecule has 0 radical (unpaired) electrons. The SMILES string of the molecule is c1ccc(-c2ccc(N(c3ccc4c(c3)sc3cc(-c5ccccc5)ccc34)c3ccc(-c4ccccc4)c4sc5cc(-c6ccccc6)ccc5c34)c(-c3ccccc3)c2)cc1. The molecule has 0 atom stereocenters. The molecule has 0 saturated heterocycles. The lowest BCUT2D eigenvalue weighted by molar-refractivity contribution is 1.31. The minimum absolute atomic E-state index is 1.12. The zero-order valence-electron chi connectivity index (χ0n) is 34.3. The van der Waals surface area contributed by atoms with Crippen molar-refractivity contribution in [2.45, 2.75) is 0 Å². The molecule has 296 valence electrons. The van der Waals surface area contributed by atoms with Gasteiger partial charge in [-0.1, -0.05) is 194 Å². The van der Waals surface area contributed by atoms with Crippen LogP contribution in [0.25, 0.3) is 96.0 Å². The molecule has 63 heavy (non-hydrogen) atoms. The van der Waals surface area contributed by atoms with Gasteiger partial charge in [0.1, 0.15) is 0 Å². The summed E-state index contributed by atoms with van der Waals surface area (Å²) in [7, 11) is 0. The molecule has 2 heterocycles. The maximum atomic E-state index is 2.53. The second kappa shape index (κ2) is 15.7. The van der Waals surface area contributed by atoms with E-state index in [-0.39, 0.29) is 0 Å². The van der Waals surface area contributed by atoms with Crippen LogP contribution < -0.4 is 4.90 Å². The number of nitrogens with zero attached hydrogens (tertiary/aromatic N) is 1. The second-order valence-electron chi connectivity index (χ2n) is 16.0. The molecule has 12 aromatic rings. The summed E-state index contributed by atoms with van der Waals surface area (Å²) in [6.45, 7) is 0. The van der Waals surface area contributed by atoms with Crippen LogP contribution in [0.15, 0.2) is 237 Å². The molecule has 0 saturated carbocycles. The predicted molar refractivity (Wildman–Crippen MR) is 274 cm³/mol. The lowest BCUT2D eigenvalue weighted by Crippen LogP contribution is -2.12. The van der Waals surface area contributed by atoms with Crippen molar-refractivity contribution in [2.75, 3.05) is 4.90 Å². The fourth-order valence-electron chi connectivity index (χ4n) is 9.22. The number of fused-ring (bicyclic) bond motifs is 6. The van der Waals surface area contributed by atoms with E-state index < -0.39 is 0 Å². The van der Waals surface area contributed by atoms with E-state index in [0.717, 1.165) is 17.1 Å². The summed E-state index contributed by atoms with van der Waals surface area (Å²) in [5.74, 6) is 0. The monoisotopic (exact) mass is 837 g/mol. The van der Waals surface area contributed by atoms with Gasteiger partial charge >= 0.3 is 0 Å². The van der Waals surface area contributed by atoms with Crippen molar-refractivity contribution >= 4 is 80.1 Å². The maximum absolute atomic E-state index is 2.53. The molecule has 0 aliphatic heterocycles. The first-order chi connectivity index (χ1) is 31.2. The van der Waals surface area contributed by atoms with E-state index in [2.05, 4.69) is 241 Å². The van der Waals surface area contributed by atoms with Crippen LogP contribution in [0.1, 0.15) is 0 Å². The number of benzene rings is 10. The Morgan fingerprint density at radius 3 is 1.27 bits per heavy atom. The standard InChI is InChI=1S/C60H39NS2/c1-6-16-40(17-7-1)45-28-34-54(53(36-45)44-24-14-5-15-25-44)61(48-29-32-51-50-30-26-46(41-18-8-2-9-19-41)37-56(50)62-58(51)39-48)55-35-33-49(43-22-12-4-13-23-43)60-59(55)52-31-27-47(38-57(52)63-60)42-20-10-3-11-21-42/h1-39H. The summed E-state index contributed by atoms with van der Waals surface area (Å²) < 4.78 is 5.11. The van der Waals surface area contributed by atoms with Gasteiger partial charge in [0.15, 0.2) is 0 Å². The third-order valence-corrected chi connectivity index (χ3v) is 14.6. The minimum Gasteiger partial charge on any atom is -0.309 e. The number of anilines is 3. The lowest BCUT2D eigenvalue weighted by Gasteiger charge is -2.29. The highest BCUT2D eigenvalue weighted by Crippen LogP contribution is 2.52. The van der Waals surface area contributed by atoms with Gasteiger partial charge in [-0.05, 0) is 92.5 Å². The first-order valence-corrected chi connectivity index (χ1v) is 23.0. The quantitative estimate of drug-likeness (QED) is 0.147. The Morgan fingerprint density at radius 2 is 0.698 bits per heavy atom. The van der Waals surface area contributed by atoms with Gasteiger partial charge < -0.3 is 4.90 Å². The Balaban J connectivity index is 1.14. The highest BCUT2D eigenvalue weighted by molar-refractivity contribution is 7.26. The van der Waals surface area contributed by atoms with Crippen molar-refractivity contribution in [3.05, 3.63) is 237 Å². The topological polar surface area (TPSA) is 3.24 Å². The lowest BCUT2D eigenvalue weighted by atomic mass is 9.95. The average molecular weight is 838 g/mol. The van der Waals surface area contributed by atoms with Crippen LogP contribution in [0.3, 0.4) is 0 Å². The first kappa shape index (κ1) is 37.2. The van der Waals surface area contributed by atoms with Crippen LogP contribution >= 0.6 is 22.7 Å². The highest BCUT2D eigenvalue weighted by atomic mass is 32.1. The predicted octanol–water partition coefficient (Wildman–Crippen LogP) is 18.2. The average Bonchev–Trinajstić information content (AvgIpc) is 3.93. The molecule has 10 aromatic carbocycles. The third-order valence-electron chi connectivity index (χ3n) is 12.3. The molecule has 0 unspecified atom stereocenters. The molecule has 2 aromatic heterocycles. The van der Waals surface area contributed by atoms with Crippen molar-refractivity contribution in [3.63, 3.8) is 0 Å². The highest BCUT2D eigenvalue weighted by Gasteiger charge is 2.25. The van der Waals surface area contributed by atoms with Gasteiger partial charge in [-0.2, -0.15) is 0 Å². The molecule has 12 rings (SSSR count). The Labute approximate surface area is 375 Å². The molecule has 1 nitrogen and oxygen atoms in total. The largest absolute Gasteiger partial charge is 0.309 e. The molecule has 0 N–H and O–H groups in total. The van der Waals surface area contributed by atoms with Crippen LogP contribution in [-0.4, -0.2) is 0 Å². The van der Waals surface area contributed by atoms with Crippen molar-refractivity contribution in [3.8, 4) is 55.6 Å². The smallest absolute Gasteiger partial charge is 0.0555 e. The van der Waals surface area contributed by atoms with Crippen molar-refractivity contribution in [1.82, 2.24) is 0 Å². The van der Waals surface area contributed by atoms with E-state index in [4.69, 9.17) is 0 Å².